The van der Waals surface area contributed by atoms with Crippen LogP contribution in [0.3, 0.4) is 0 Å². The van der Waals surface area contributed by atoms with Crippen LogP contribution >= 0.6 is 11.6 Å². The zero-order chi connectivity index (χ0) is 18.7. The Morgan fingerprint density at radius 3 is 2.85 bits per heavy atom. The van der Waals surface area contributed by atoms with Gasteiger partial charge in [-0.1, -0.05) is 49.8 Å². The third-order valence-corrected chi connectivity index (χ3v) is 5.32. The van der Waals surface area contributed by atoms with Crippen molar-refractivity contribution in [3.05, 3.63) is 29.0 Å². The zero-order valence-electron chi connectivity index (χ0n) is 14.9. The number of hydrogen-bond donors (Lipinski definition) is 1. The summed E-state index contributed by atoms with van der Waals surface area (Å²) in [5, 5.41) is 10.7. The fourth-order valence-electron chi connectivity index (χ4n) is 3.71. The fraction of sp³-hybridized carbons (Fsp3) is 0.579. The van der Waals surface area contributed by atoms with E-state index in [0.717, 1.165) is 25.7 Å². The smallest absolute Gasteiger partial charge is 0.363 e. The molecule has 1 N–H and O–H groups in total. The third-order valence-electron chi connectivity index (χ3n) is 5.02. The number of benzene rings is 1. The van der Waals surface area contributed by atoms with Crippen LogP contribution in [-0.2, 0) is 9.53 Å². The summed E-state index contributed by atoms with van der Waals surface area (Å²) in [6.07, 6.45) is 6.28. The molecule has 1 aromatic rings. The number of nitrogens with zero attached hydrogens (tertiary/aromatic N) is 2. The molecular weight excluding hydrogens is 359 g/mol. The number of carbonyl (C=O) groups excluding carboxylic acids is 1. The van der Waals surface area contributed by atoms with Gasteiger partial charge in [0.2, 0.25) is 0 Å². The molecule has 5 nitrogen and oxygen atoms in total. The lowest BCUT2D eigenvalue weighted by molar-refractivity contribution is -0.162. The van der Waals surface area contributed by atoms with Gasteiger partial charge in [-0.3, -0.25) is 0 Å². The van der Waals surface area contributed by atoms with Gasteiger partial charge in [-0.15, -0.1) is 0 Å². The number of amidine groups is 1. The molecule has 1 aliphatic heterocycles. The Hall–Kier alpha value is -1.66. The maximum atomic E-state index is 14.6. The second-order valence-electron chi connectivity index (χ2n) is 6.93. The lowest BCUT2D eigenvalue weighted by Gasteiger charge is -2.27. The Morgan fingerprint density at radius 1 is 1.42 bits per heavy atom. The Bertz CT molecular complexity index is 706. The monoisotopic (exact) mass is 382 g/mol. The minimum absolute atomic E-state index is 0.00825. The van der Waals surface area contributed by atoms with Gasteiger partial charge in [0.1, 0.15) is 5.84 Å². The van der Waals surface area contributed by atoms with Crippen molar-refractivity contribution in [2.75, 3.05) is 18.1 Å². The van der Waals surface area contributed by atoms with Gasteiger partial charge >= 0.3 is 5.97 Å². The summed E-state index contributed by atoms with van der Waals surface area (Å²) in [5.41, 5.74) is -1.80. The number of halogens is 2. The van der Waals surface area contributed by atoms with Crippen LogP contribution in [0.25, 0.3) is 0 Å². The van der Waals surface area contributed by atoms with Crippen molar-refractivity contribution in [1.29, 1.82) is 0 Å². The largest absolute Gasteiger partial charge is 0.462 e. The average molecular weight is 383 g/mol. The summed E-state index contributed by atoms with van der Waals surface area (Å²) in [5.74, 6) is -0.477. The first-order valence-corrected chi connectivity index (χ1v) is 9.52. The highest BCUT2D eigenvalue weighted by molar-refractivity contribution is 6.31. The number of anilines is 1. The quantitative estimate of drug-likeness (QED) is 0.784. The highest BCUT2D eigenvalue weighted by Gasteiger charge is 2.46. The molecule has 0 amide bonds. The van der Waals surface area contributed by atoms with E-state index < -0.39 is 17.5 Å². The number of rotatable bonds is 5. The van der Waals surface area contributed by atoms with Gasteiger partial charge in [0.05, 0.1) is 23.9 Å². The van der Waals surface area contributed by atoms with E-state index in [1.165, 1.54) is 12.5 Å². The molecule has 1 heterocycles. The van der Waals surface area contributed by atoms with Crippen molar-refractivity contribution < 1.29 is 19.0 Å². The number of aliphatic imine (C=N–C) groups is 1. The summed E-state index contributed by atoms with van der Waals surface area (Å²) in [7, 11) is 0. The lowest BCUT2D eigenvalue weighted by atomic mass is 9.86. The van der Waals surface area contributed by atoms with Crippen LogP contribution in [0.2, 0.25) is 5.02 Å². The first-order chi connectivity index (χ1) is 12.4. The topological polar surface area (TPSA) is 62.1 Å². The fourth-order valence-corrected chi connectivity index (χ4v) is 3.88. The normalized spacial score (nSPS) is 23.8. The Kier molecular flexibility index (Phi) is 5.82. The van der Waals surface area contributed by atoms with Crippen LogP contribution in [0.15, 0.2) is 23.2 Å². The second kappa shape index (κ2) is 7.92. The van der Waals surface area contributed by atoms with Gasteiger partial charge < -0.3 is 14.7 Å². The predicted molar refractivity (Wildman–Crippen MR) is 99.0 cm³/mol. The predicted octanol–water partition coefficient (Wildman–Crippen LogP) is 3.92. The van der Waals surface area contributed by atoms with Crippen LogP contribution in [0.5, 0.6) is 0 Å². The molecule has 1 unspecified atom stereocenters. The van der Waals surface area contributed by atoms with Crippen LogP contribution < -0.4 is 4.90 Å². The van der Waals surface area contributed by atoms with Crippen molar-refractivity contribution in [2.45, 2.75) is 51.2 Å². The zero-order valence-corrected chi connectivity index (χ0v) is 15.6. The van der Waals surface area contributed by atoms with Crippen LogP contribution in [0.4, 0.5) is 10.1 Å². The molecule has 0 spiro atoms. The minimum Gasteiger partial charge on any atom is -0.462 e. The summed E-state index contributed by atoms with van der Waals surface area (Å²) >= 11 is 5.92. The van der Waals surface area contributed by atoms with Crippen molar-refractivity contribution in [2.24, 2.45) is 10.9 Å². The van der Waals surface area contributed by atoms with Gasteiger partial charge in [-0.2, -0.15) is 0 Å². The Balaban J connectivity index is 1.92. The first-order valence-electron chi connectivity index (χ1n) is 9.14. The number of aliphatic hydroxyl groups is 1. The van der Waals surface area contributed by atoms with Crippen LogP contribution in [-0.4, -0.2) is 35.8 Å². The highest BCUT2D eigenvalue weighted by Crippen LogP contribution is 2.35. The summed E-state index contributed by atoms with van der Waals surface area (Å²) in [6.45, 7) is 1.63. The summed E-state index contributed by atoms with van der Waals surface area (Å²) in [6, 6.07) is 4.68. The molecule has 0 radical (unpaired) electrons. The van der Waals surface area contributed by atoms with Gasteiger partial charge in [0.25, 0.3) is 5.72 Å². The van der Waals surface area contributed by atoms with Gasteiger partial charge in [0.15, 0.2) is 5.82 Å². The van der Waals surface area contributed by atoms with E-state index in [0.29, 0.717) is 18.2 Å². The van der Waals surface area contributed by atoms with Crippen molar-refractivity contribution in [3.63, 3.8) is 0 Å². The molecule has 2 aliphatic rings. The molecular formula is C19H24ClFN2O3. The van der Waals surface area contributed by atoms with E-state index >= 15 is 0 Å². The molecule has 142 valence electrons. The molecule has 7 heteroatoms. The third kappa shape index (κ3) is 3.86. The molecule has 1 saturated carbocycles. The molecule has 0 bridgehead atoms. The molecule has 1 fully saturated rings. The average Bonchev–Trinajstić information content (AvgIpc) is 2.96. The standard InChI is InChI=1S/C19H24ClFN2O3/c1-2-26-18(24)19(25)12-23(15-10-6-9-14(20)17(15)21)16(22-19)11-13-7-4-3-5-8-13/h6,9-10,13,25H,2-5,7-8,11-12H2,1H3. The van der Waals surface area contributed by atoms with E-state index in [9.17, 15) is 14.3 Å². The second-order valence-corrected chi connectivity index (χ2v) is 7.34. The van der Waals surface area contributed by atoms with E-state index in [1.54, 1.807) is 24.0 Å². The molecule has 26 heavy (non-hydrogen) atoms. The molecule has 1 aromatic carbocycles. The molecule has 1 atom stereocenters. The van der Waals surface area contributed by atoms with E-state index in [4.69, 9.17) is 16.3 Å². The van der Waals surface area contributed by atoms with Crippen molar-refractivity contribution in [1.82, 2.24) is 0 Å². The Labute approximate surface area is 157 Å². The summed E-state index contributed by atoms with van der Waals surface area (Å²) < 4.78 is 19.5. The number of esters is 1. The van der Waals surface area contributed by atoms with Crippen LogP contribution in [0, 0.1) is 11.7 Å². The van der Waals surface area contributed by atoms with Crippen molar-refractivity contribution >= 4 is 29.1 Å². The number of hydrogen-bond acceptors (Lipinski definition) is 5. The molecule has 0 aromatic heterocycles. The van der Waals surface area contributed by atoms with Crippen molar-refractivity contribution in [3.8, 4) is 0 Å². The van der Waals surface area contributed by atoms with E-state index in [2.05, 4.69) is 4.99 Å². The maximum absolute atomic E-state index is 14.6. The van der Waals surface area contributed by atoms with Gasteiger partial charge in [0, 0.05) is 6.42 Å². The lowest BCUT2D eigenvalue weighted by Crippen LogP contribution is -2.44. The number of ether oxygens (including phenoxy) is 1. The molecule has 0 saturated heterocycles. The summed E-state index contributed by atoms with van der Waals surface area (Å²) in [4.78, 5) is 18.0. The maximum Gasteiger partial charge on any atom is 0.363 e. The minimum atomic E-state index is -2.02. The Morgan fingerprint density at radius 2 is 2.15 bits per heavy atom. The number of carbonyl (C=O) groups is 1. The first kappa shape index (κ1) is 19.1. The molecule has 3 rings (SSSR count). The van der Waals surface area contributed by atoms with E-state index in [-0.39, 0.29) is 23.9 Å². The van der Waals surface area contributed by atoms with Gasteiger partial charge in [-0.05, 0) is 25.0 Å². The van der Waals surface area contributed by atoms with Crippen LogP contribution in [0.1, 0.15) is 45.4 Å². The molecule has 1 aliphatic carbocycles. The van der Waals surface area contributed by atoms with E-state index in [1.807, 2.05) is 0 Å². The van der Waals surface area contributed by atoms with Gasteiger partial charge in [-0.25, -0.2) is 14.2 Å². The SMILES string of the molecule is CCOC(=O)C1(O)CN(c2cccc(Cl)c2F)C(CC2CCCCC2)=N1. The number of β-amino-alcohol motifs (C(OH)–C–C–N with tert-alkyl or cyclic N) is 1. The highest BCUT2D eigenvalue weighted by atomic mass is 35.5.